The number of nitrogens with zero attached hydrogens (tertiary/aromatic N) is 3. The van der Waals surface area contributed by atoms with Gasteiger partial charge in [0.25, 0.3) is 0 Å². The fourth-order valence-electron chi connectivity index (χ4n) is 4.35. The zero-order valence-electron chi connectivity index (χ0n) is 19.7. The molecule has 194 valence electrons. The Morgan fingerprint density at radius 2 is 1.95 bits per heavy atom. The van der Waals surface area contributed by atoms with Crippen molar-refractivity contribution in [1.82, 2.24) is 9.29 Å². The monoisotopic (exact) mass is 565 g/mol. The number of carbonyl (C=O) groups is 1. The summed E-state index contributed by atoms with van der Waals surface area (Å²) in [5.41, 5.74) is 1.54. The van der Waals surface area contributed by atoms with E-state index in [1.54, 1.807) is 23.1 Å². The smallest absolute Gasteiger partial charge is 0.243 e. The van der Waals surface area contributed by atoms with E-state index in [0.29, 0.717) is 22.0 Å². The molecule has 7 nitrogen and oxygen atoms in total. The van der Waals surface area contributed by atoms with Gasteiger partial charge in [0.1, 0.15) is 5.76 Å². The van der Waals surface area contributed by atoms with E-state index in [-0.39, 0.29) is 43.3 Å². The van der Waals surface area contributed by atoms with Gasteiger partial charge in [-0.05, 0) is 67.8 Å². The average molecular weight is 566 g/mol. The lowest BCUT2D eigenvalue weighted by Crippen LogP contribution is -2.44. The van der Waals surface area contributed by atoms with Crippen LogP contribution in [0.4, 0.5) is 13.9 Å². The molecule has 0 radical (unpaired) electrons. The van der Waals surface area contributed by atoms with Crippen LogP contribution in [0, 0.1) is 24.5 Å². The van der Waals surface area contributed by atoms with Crippen LogP contribution in [0.3, 0.4) is 0 Å². The second-order valence-electron chi connectivity index (χ2n) is 8.77. The van der Waals surface area contributed by atoms with Gasteiger partial charge in [-0.3, -0.25) is 9.69 Å². The van der Waals surface area contributed by atoms with E-state index >= 15 is 0 Å². The fourth-order valence-corrected chi connectivity index (χ4v) is 7.02. The molecule has 5 rings (SSSR count). The van der Waals surface area contributed by atoms with Crippen LogP contribution < -0.4 is 4.90 Å². The Morgan fingerprint density at radius 3 is 2.62 bits per heavy atom. The maximum absolute atomic E-state index is 13.7. The number of hydrogen-bond acceptors (Lipinski definition) is 6. The van der Waals surface area contributed by atoms with Crippen LogP contribution in [-0.4, -0.2) is 36.7 Å². The molecule has 0 atom stereocenters. The highest BCUT2D eigenvalue weighted by Crippen LogP contribution is 2.36. The summed E-state index contributed by atoms with van der Waals surface area (Å²) in [4.78, 5) is 19.7. The summed E-state index contributed by atoms with van der Waals surface area (Å²) in [7, 11) is -4.03. The number of fused-ring (bicyclic) bond motifs is 1. The summed E-state index contributed by atoms with van der Waals surface area (Å²) in [6, 6.07) is 9.67. The summed E-state index contributed by atoms with van der Waals surface area (Å²) in [5.74, 6) is -2.41. The number of aryl methyl sites for hydroxylation is 1. The predicted molar refractivity (Wildman–Crippen MR) is 137 cm³/mol. The molecule has 4 aromatic rings. The second-order valence-corrected chi connectivity index (χ2v) is 12.1. The number of thiazole rings is 1. The summed E-state index contributed by atoms with van der Waals surface area (Å²) in [5, 5.41) is 1.08. The van der Waals surface area contributed by atoms with Gasteiger partial charge in [0.05, 0.1) is 27.9 Å². The number of carbonyl (C=O) groups excluding carboxylic acids is 1. The zero-order valence-corrected chi connectivity index (χ0v) is 22.0. The minimum atomic E-state index is -4.03. The number of anilines is 1. The van der Waals surface area contributed by atoms with Gasteiger partial charge in [-0.25, -0.2) is 22.2 Å². The number of halogens is 3. The Hall–Kier alpha value is -2.86. The number of piperidine rings is 1. The van der Waals surface area contributed by atoms with Crippen LogP contribution in [0.15, 0.2) is 58.0 Å². The van der Waals surface area contributed by atoms with Gasteiger partial charge in [0.2, 0.25) is 15.9 Å². The summed E-state index contributed by atoms with van der Waals surface area (Å²) in [6.45, 7) is 2.18. The summed E-state index contributed by atoms with van der Waals surface area (Å²) < 4.78 is 60.4. The van der Waals surface area contributed by atoms with Crippen molar-refractivity contribution in [3.05, 3.63) is 76.7 Å². The quantitative estimate of drug-likeness (QED) is 0.297. The minimum absolute atomic E-state index is 0.0703. The summed E-state index contributed by atoms with van der Waals surface area (Å²) >= 11 is 7.63. The molecule has 1 saturated heterocycles. The number of aromatic nitrogens is 1. The highest BCUT2D eigenvalue weighted by molar-refractivity contribution is 7.89. The lowest BCUT2D eigenvalue weighted by Gasteiger charge is -2.32. The van der Waals surface area contributed by atoms with E-state index in [1.807, 2.05) is 13.0 Å². The number of furan rings is 1. The van der Waals surface area contributed by atoms with E-state index < -0.39 is 27.6 Å². The topological polar surface area (TPSA) is 83.7 Å². The third kappa shape index (κ3) is 5.00. The molecule has 0 aliphatic carbocycles. The van der Waals surface area contributed by atoms with Gasteiger partial charge in [-0.2, -0.15) is 4.31 Å². The van der Waals surface area contributed by atoms with E-state index in [1.165, 1.54) is 21.9 Å². The summed E-state index contributed by atoms with van der Waals surface area (Å²) in [6.07, 6.45) is 2.07. The first kappa shape index (κ1) is 25.8. The molecular weight excluding hydrogens is 544 g/mol. The second kappa shape index (κ2) is 10.1. The largest absolute Gasteiger partial charge is 0.467 e. The lowest BCUT2D eigenvalue weighted by molar-refractivity contribution is -0.123. The third-order valence-corrected chi connectivity index (χ3v) is 9.81. The Balaban J connectivity index is 1.37. The molecule has 0 spiro atoms. The van der Waals surface area contributed by atoms with Crippen LogP contribution >= 0.6 is 22.9 Å². The van der Waals surface area contributed by atoms with E-state index in [2.05, 4.69) is 0 Å². The van der Waals surface area contributed by atoms with Crippen LogP contribution in [0.25, 0.3) is 10.2 Å². The molecule has 0 unspecified atom stereocenters. The van der Waals surface area contributed by atoms with Gasteiger partial charge in [-0.1, -0.05) is 22.9 Å². The first-order chi connectivity index (χ1) is 17.6. The number of hydrogen-bond donors (Lipinski definition) is 0. The molecule has 1 aliphatic rings. The van der Waals surface area contributed by atoms with Crippen molar-refractivity contribution < 1.29 is 26.4 Å². The molecule has 0 N–H and O–H groups in total. The zero-order chi connectivity index (χ0) is 26.3. The molecule has 1 aliphatic heterocycles. The van der Waals surface area contributed by atoms with Gasteiger partial charge in [-0.15, -0.1) is 0 Å². The number of benzene rings is 2. The number of rotatable bonds is 6. The molecule has 2 aromatic carbocycles. The van der Waals surface area contributed by atoms with Crippen molar-refractivity contribution >= 4 is 54.2 Å². The van der Waals surface area contributed by atoms with Crippen molar-refractivity contribution in [2.75, 3.05) is 18.0 Å². The fraction of sp³-hybridized carbons (Fsp3) is 0.280. The molecule has 2 aromatic heterocycles. The highest BCUT2D eigenvalue weighted by Gasteiger charge is 2.35. The highest BCUT2D eigenvalue weighted by atomic mass is 35.5. The Labute approximate surface area is 221 Å². The lowest BCUT2D eigenvalue weighted by atomic mass is 9.96. The third-order valence-electron chi connectivity index (χ3n) is 6.46. The molecule has 0 bridgehead atoms. The van der Waals surface area contributed by atoms with Crippen LogP contribution in [0.2, 0.25) is 5.02 Å². The first-order valence-corrected chi connectivity index (χ1v) is 14.1. The predicted octanol–water partition coefficient (Wildman–Crippen LogP) is 5.76. The minimum Gasteiger partial charge on any atom is -0.467 e. The van der Waals surface area contributed by atoms with Crippen molar-refractivity contribution in [2.45, 2.75) is 31.2 Å². The van der Waals surface area contributed by atoms with Crippen LogP contribution in [0.1, 0.15) is 24.2 Å². The van der Waals surface area contributed by atoms with Crippen molar-refractivity contribution in [3.63, 3.8) is 0 Å². The van der Waals surface area contributed by atoms with E-state index in [0.717, 1.165) is 27.9 Å². The normalized spacial score (nSPS) is 15.4. The maximum atomic E-state index is 13.7. The van der Waals surface area contributed by atoms with E-state index in [9.17, 15) is 22.0 Å². The number of sulfonamides is 1. The SMILES string of the molecule is Cc1c(Cl)ccc2sc(N(Cc3ccco3)C(=O)C3CCN(S(=O)(=O)c4ccc(F)c(F)c4)CC3)nc12. The Morgan fingerprint density at radius 1 is 1.19 bits per heavy atom. The first-order valence-electron chi connectivity index (χ1n) is 11.5. The van der Waals surface area contributed by atoms with Gasteiger partial charge in [0, 0.05) is 24.0 Å². The van der Waals surface area contributed by atoms with Crippen molar-refractivity contribution in [2.24, 2.45) is 5.92 Å². The Kier molecular flexibility index (Phi) is 7.06. The van der Waals surface area contributed by atoms with Gasteiger partial charge >= 0.3 is 0 Å². The average Bonchev–Trinajstić information content (AvgIpc) is 3.56. The van der Waals surface area contributed by atoms with Crippen molar-refractivity contribution in [3.8, 4) is 0 Å². The molecule has 37 heavy (non-hydrogen) atoms. The van der Waals surface area contributed by atoms with Crippen molar-refractivity contribution in [1.29, 1.82) is 0 Å². The van der Waals surface area contributed by atoms with Gasteiger partial charge in [0.15, 0.2) is 16.8 Å². The molecule has 3 heterocycles. The molecule has 12 heteroatoms. The standard InChI is InChI=1S/C25H22ClF2N3O4S2/c1-15-19(26)5-7-22-23(15)29-25(36-22)31(14-17-3-2-12-35-17)24(32)16-8-10-30(11-9-16)37(33,34)18-4-6-20(27)21(28)13-18/h2-7,12-13,16H,8-11,14H2,1H3. The van der Waals surface area contributed by atoms with Crippen LogP contribution in [0.5, 0.6) is 0 Å². The van der Waals surface area contributed by atoms with E-state index in [4.69, 9.17) is 21.0 Å². The number of amides is 1. The molecule has 0 saturated carbocycles. The molecule has 1 amide bonds. The molecular formula is C25H22ClF2N3O4S2. The Bertz CT molecular complexity index is 1570. The maximum Gasteiger partial charge on any atom is 0.243 e. The van der Waals surface area contributed by atoms with Crippen LogP contribution in [-0.2, 0) is 21.4 Å². The molecule has 1 fully saturated rings. The van der Waals surface area contributed by atoms with Gasteiger partial charge < -0.3 is 4.42 Å².